The first-order chi connectivity index (χ1) is 11.5. The number of carbonyl (C=O) groups is 2. The van der Waals surface area contributed by atoms with E-state index in [0.717, 1.165) is 16.8 Å². The predicted molar refractivity (Wildman–Crippen MR) is 89.8 cm³/mol. The van der Waals surface area contributed by atoms with Crippen molar-refractivity contribution in [3.05, 3.63) is 53.3 Å². The van der Waals surface area contributed by atoms with Crippen molar-refractivity contribution in [3.63, 3.8) is 0 Å². The molecule has 0 fully saturated rings. The van der Waals surface area contributed by atoms with Crippen molar-refractivity contribution in [2.45, 2.75) is 33.9 Å². The van der Waals surface area contributed by atoms with Crippen molar-refractivity contribution in [2.24, 2.45) is 0 Å². The van der Waals surface area contributed by atoms with Crippen LogP contribution in [0.5, 0.6) is 5.75 Å². The van der Waals surface area contributed by atoms with E-state index in [4.69, 9.17) is 9.47 Å². The van der Waals surface area contributed by atoms with Gasteiger partial charge in [0, 0.05) is 31.8 Å². The van der Waals surface area contributed by atoms with E-state index < -0.39 is 6.16 Å². The van der Waals surface area contributed by atoms with Crippen molar-refractivity contribution in [3.8, 4) is 5.75 Å². The van der Waals surface area contributed by atoms with Crippen LogP contribution >= 0.6 is 0 Å². The van der Waals surface area contributed by atoms with Crippen molar-refractivity contribution < 1.29 is 19.1 Å². The highest BCUT2D eigenvalue weighted by Crippen LogP contribution is 2.25. The summed E-state index contributed by atoms with van der Waals surface area (Å²) in [4.78, 5) is 22.8. The molecule has 0 atom stereocenters. The van der Waals surface area contributed by atoms with Crippen LogP contribution in [0.3, 0.4) is 0 Å². The van der Waals surface area contributed by atoms with Crippen LogP contribution in [0.1, 0.15) is 23.7 Å². The van der Waals surface area contributed by atoms with Gasteiger partial charge in [0.15, 0.2) is 5.75 Å². The zero-order chi connectivity index (χ0) is 17.5. The lowest BCUT2D eigenvalue weighted by atomic mass is 10.2. The molecule has 0 aliphatic rings. The van der Waals surface area contributed by atoms with Crippen LogP contribution in [-0.4, -0.2) is 23.2 Å². The van der Waals surface area contributed by atoms with Crippen LogP contribution in [0.25, 0.3) is 0 Å². The third-order valence-corrected chi connectivity index (χ3v) is 3.58. The molecule has 1 amide bonds. The summed E-state index contributed by atoms with van der Waals surface area (Å²) >= 11 is 0. The molecule has 1 aromatic carbocycles. The Morgan fingerprint density at radius 3 is 2.54 bits per heavy atom. The topological polar surface area (TPSA) is 69.6 Å². The summed E-state index contributed by atoms with van der Waals surface area (Å²) in [6.45, 7) is 6.49. The number of hydrogen-bond donors (Lipinski definition) is 1. The van der Waals surface area contributed by atoms with Gasteiger partial charge in [0.2, 0.25) is 5.91 Å². The fourth-order valence-corrected chi connectivity index (χ4v) is 2.37. The average molecular weight is 330 g/mol. The van der Waals surface area contributed by atoms with Crippen LogP contribution < -0.4 is 10.1 Å². The maximum atomic E-state index is 11.9. The van der Waals surface area contributed by atoms with Gasteiger partial charge in [0.25, 0.3) is 0 Å². The van der Waals surface area contributed by atoms with Gasteiger partial charge in [-0.1, -0.05) is 30.3 Å². The fourth-order valence-electron chi connectivity index (χ4n) is 2.37. The highest BCUT2D eigenvalue weighted by Gasteiger charge is 2.15. The van der Waals surface area contributed by atoms with Crippen LogP contribution in [0, 0.1) is 13.8 Å². The minimum absolute atomic E-state index is 0.0718. The first kappa shape index (κ1) is 17.6. The number of hydrogen-bond acceptors (Lipinski definition) is 4. The Bertz CT molecular complexity index is 707. The third kappa shape index (κ3) is 4.87. The van der Waals surface area contributed by atoms with E-state index in [1.54, 1.807) is 0 Å². The first-order valence-corrected chi connectivity index (χ1v) is 7.76. The molecule has 2 aromatic rings. The van der Waals surface area contributed by atoms with Gasteiger partial charge in [0.05, 0.1) is 5.69 Å². The quantitative estimate of drug-likeness (QED) is 0.827. The molecular formula is C18H22N2O4. The maximum Gasteiger partial charge on any atom is 0.514 e. The van der Waals surface area contributed by atoms with Crippen molar-refractivity contribution >= 4 is 12.1 Å². The lowest BCUT2D eigenvalue weighted by Gasteiger charge is -2.09. The zero-order valence-corrected chi connectivity index (χ0v) is 14.2. The molecule has 0 aliphatic carbocycles. The van der Waals surface area contributed by atoms with Gasteiger partial charge in [-0.15, -0.1) is 0 Å². The Labute approximate surface area is 141 Å². The highest BCUT2D eigenvalue weighted by atomic mass is 16.7. The highest BCUT2D eigenvalue weighted by molar-refractivity contribution is 5.72. The van der Waals surface area contributed by atoms with Gasteiger partial charge < -0.3 is 19.4 Å². The van der Waals surface area contributed by atoms with Crippen molar-refractivity contribution in [1.29, 1.82) is 0 Å². The number of carbonyl (C=O) groups excluding carboxylic acids is 2. The summed E-state index contributed by atoms with van der Waals surface area (Å²) in [6, 6.07) is 9.42. The van der Waals surface area contributed by atoms with Crippen LogP contribution in [0.15, 0.2) is 36.5 Å². The van der Waals surface area contributed by atoms with Crippen LogP contribution in [-0.2, 0) is 22.7 Å². The molecule has 6 heteroatoms. The number of amides is 1. The Morgan fingerprint density at radius 2 is 1.88 bits per heavy atom. The molecule has 0 saturated heterocycles. The zero-order valence-electron chi connectivity index (χ0n) is 14.2. The second-order valence-electron chi connectivity index (χ2n) is 5.53. The lowest BCUT2D eigenvalue weighted by molar-refractivity contribution is -0.118. The number of aromatic nitrogens is 1. The Hall–Kier alpha value is -2.76. The first-order valence-electron chi connectivity index (χ1n) is 7.76. The van der Waals surface area contributed by atoms with Gasteiger partial charge in [-0.05, 0) is 19.4 Å². The number of rotatable bonds is 6. The summed E-state index contributed by atoms with van der Waals surface area (Å²) in [5.74, 6) is 0.424. The number of nitrogens with one attached hydrogen (secondary N) is 1. The molecule has 0 bridgehead atoms. The summed E-state index contributed by atoms with van der Waals surface area (Å²) in [5.41, 5.74) is 2.55. The minimum atomic E-state index is -0.732. The van der Waals surface area contributed by atoms with E-state index in [1.165, 1.54) is 6.92 Å². The normalized spacial score (nSPS) is 10.3. The molecule has 0 aliphatic heterocycles. The van der Waals surface area contributed by atoms with Crippen molar-refractivity contribution in [2.75, 3.05) is 6.54 Å². The fraction of sp³-hybridized carbons (Fsp3) is 0.333. The molecule has 2 rings (SSSR count). The molecule has 0 unspecified atom stereocenters. The number of aryl methyl sites for hydroxylation is 1. The summed E-state index contributed by atoms with van der Waals surface area (Å²) in [7, 11) is 0. The second-order valence-corrected chi connectivity index (χ2v) is 5.53. The summed E-state index contributed by atoms with van der Waals surface area (Å²) < 4.78 is 12.4. The van der Waals surface area contributed by atoms with E-state index in [2.05, 4.69) is 5.32 Å². The van der Waals surface area contributed by atoms with Crippen molar-refractivity contribution in [1.82, 2.24) is 9.88 Å². The molecule has 1 heterocycles. The summed E-state index contributed by atoms with van der Waals surface area (Å²) in [6.07, 6.45) is 1.15. The van der Waals surface area contributed by atoms with Gasteiger partial charge in [-0.3, -0.25) is 4.79 Å². The summed E-state index contributed by atoms with van der Waals surface area (Å²) in [5, 5.41) is 2.74. The van der Waals surface area contributed by atoms with Gasteiger partial charge in [0.1, 0.15) is 6.61 Å². The van der Waals surface area contributed by atoms with E-state index in [1.807, 2.05) is 54.9 Å². The molecular weight excluding hydrogens is 308 g/mol. The Morgan fingerprint density at radius 1 is 1.17 bits per heavy atom. The van der Waals surface area contributed by atoms with E-state index in [9.17, 15) is 9.59 Å². The monoisotopic (exact) mass is 330 g/mol. The van der Waals surface area contributed by atoms with Gasteiger partial charge in [-0.2, -0.15) is 0 Å². The lowest BCUT2D eigenvalue weighted by Crippen LogP contribution is -2.24. The molecule has 0 saturated carbocycles. The van der Waals surface area contributed by atoms with Gasteiger partial charge >= 0.3 is 6.16 Å². The molecule has 0 radical (unpaired) electrons. The predicted octanol–water partition coefficient (Wildman–Crippen LogP) is 2.96. The largest absolute Gasteiger partial charge is 0.514 e. The average Bonchev–Trinajstić information content (AvgIpc) is 2.81. The molecule has 1 N–H and O–H groups in total. The van der Waals surface area contributed by atoms with Crippen LogP contribution in [0.2, 0.25) is 0 Å². The van der Waals surface area contributed by atoms with E-state index >= 15 is 0 Å². The SMILES string of the molecule is CC(=O)NCCn1cc(C)c(OC(=O)OCc2ccccc2)c1C. The Kier molecular flexibility index (Phi) is 6.01. The molecule has 1 aromatic heterocycles. The Balaban J connectivity index is 1.92. The molecule has 6 nitrogen and oxygen atoms in total. The standard InChI is InChI=1S/C18H22N2O4/c1-13-11-20(10-9-19-15(3)21)14(2)17(13)24-18(22)23-12-16-7-5-4-6-8-16/h4-8,11H,9-10,12H2,1-3H3,(H,19,21). The number of benzene rings is 1. The number of ether oxygens (including phenoxy) is 2. The van der Waals surface area contributed by atoms with Gasteiger partial charge in [-0.25, -0.2) is 4.79 Å². The second kappa shape index (κ2) is 8.19. The van der Waals surface area contributed by atoms with E-state index in [-0.39, 0.29) is 12.5 Å². The molecule has 128 valence electrons. The number of nitrogens with zero attached hydrogens (tertiary/aromatic N) is 1. The molecule has 24 heavy (non-hydrogen) atoms. The molecule has 0 spiro atoms. The maximum absolute atomic E-state index is 11.9. The minimum Gasteiger partial charge on any atom is -0.429 e. The third-order valence-electron chi connectivity index (χ3n) is 3.58. The van der Waals surface area contributed by atoms with E-state index in [0.29, 0.717) is 18.8 Å². The van der Waals surface area contributed by atoms with Crippen LogP contribution in [0.4, 0.5) is 4.79 Å². The smallest absolute Gasteiger partial charge is 0.429 e.